The molecule has 1 aliphatic heterocycles. The Balaban J connectivity index is 2.13. The summed E-state index contributed by atoms with van der Waals surface area (Å²) in [6, 6.07) is 1.55. The lowest BCUT2D eigenvalue weighted by Crippen LogP contribution is -2.28. The van der Waals surface area contributed by atoms with Crippen molar-refractivity contribution in [3.63, 3.8) is 0 Å². The average Bonchev–Trinajstić information content (AvgIpc) is 2.88. The Hall–Kier alpha value is -0.590. The highest BCUT2D eigenvalue weighted by Crippen LogP contribution is 2.30. The molecule has 0 aliphatic carbocycles. The van der Waals surface area contributed by atoms with E-state index in [1.165, 1.54) is 11.3 Å². The Bertz CT molecular complexity index is 481. The Kier molecular flexibility index (Phi) is 3.75. The normalized spacial score (nSPS) is 22.1. The van der Waals surface area contributed by atoms with Crippen LogP contribution in [0.4, 0.5) is 5.69 Å². The molecule has 1 aliphatic rings. The van der Waals surface area contributed by atoms with Crippen LogP contribution in [0.3, 0.4) is 0 Å². The first-order chi connectivity index (χ1) is 8.04. The summed E-state index contributed by atoms with van der Waals surface area (Å²) in [6.07, 6.45) is 3.21. The minimum absolute atomic E-state index is 0.368. The van der Waals surface area contributed by atoms with Gasteiger partial charge < -0.3 is 5.73 Å². The van der Waals surface area contributed by atoms with E-state index in [-0.39, 0.29) is 0 Å². The molecule has 0 saturated carbocycles. The Morgan fingerprint density at radius 3 is 2.94 bits per heavy atom. The summed E-state index contributed by atoms with van der Waals surface area (Å²) in [5.74, 6) is 0.520. The summed E-state index contributed by atoms with van der Waals surface area (Å²) in [6.45, 7) is 3.44. The van der Waals surface area contributed by atoms with Gasteiger partial charge in [-0.15, -0.1) is 11.3 Å². The molecule has 2 heterocycles. The van der Waals surface area contributed by atoms with Gasteiger partial charge in [-0.1, -0.05) is 13.3 Å². The molecule has 0 amide bonds. The third-order valence-electron chi connectivity index (χ3n) is 3.14. The summed E-state index contributed by atoms with van der Waals surface area (Å²) >= 11 is 1.20. The second-order valence-corrected chi connectivity index (χ2v) is 7.58. The van der Waals surface area contributed by atoms with Crippen molar-refractivity contribution in [2.75, 3.05) is 18.8 Å². The maximum atomic E-state index is 12.3. The number of nitrogens with two attached hydrogens (primary N) is 1. The minimum Gasteiger partial charge on any atom is -0.398 e. The molecule has 1 aromatic heterocycles. The van der Waals surface area contributed by atoms with Gasteiger partial charge in [-0.25, -0.2) is 8.42 Å². The van der Waals surface area contributed by atoms with Crippen molar-refractivity contribution in [2.24, 2.45) is 5.92 Å². The number of sulfonamides is 1. The summed E-state index contributed by atoms with van der Waals surface area (Å²) in [7, 11) is -3.30. The molecule has 1 fully saturated rings. The Morgan fingerprint density at radius 1 is 1.59 bits per heavy atom. The Labute approximate surface area is 106 Å². The molecule has 1 saturated heterocycles. The molecular weight excluding hydrogens is 256 g/mol. The molecular formula is C11H18N2O2S2. The fourth-order valence-electron chi connectivity index (χ4n) is 2.25. The maximum Gasteiger partial charge on any atom is 0.252 e. The molecule has 96 valence electrons. The predicted molar refractivity (Wildman–Crippen MR) is 70.5 cm³/mol. The Morgan fingerprint density at radius 2 is 2.35 bits per heavy atom. The molecule has 1 unspecified atom stereocenters. The topological polar surface area (TPSA) is 63.4 Å². The van der Waals surface area contributed by atoms with Gasteiger partial charge in [0, 0.05) is 24.2 Å². The third-order valence-corrected chi connectivity index (χ3v) is 6.43. The lowest BCUT2D eigenvalue weighted by Gasteiger charge is -2.15. The zero-order chi connectivity index (χ0) is 12.5. The van der Waals surface area contributed by atoms with E-state index < -0.39 is 10.0 Å². The second kappa shape index (κ2) is 4.96. The van der Waals surface area contributed by atoms with E-state index >= 15 is 0 Å². The van der Waals surface area contributed by atoms with Crippen LogP contribution in [0.2, 0.25) is 0 Å². The molecule has 2 rings (SSSR count). The van der Waals surface area contributed by atoms with Crippen LogP contribution in [-0.2, 0) is 10.0 Å². The highest BCUT2D eigenvalue weighted by molar-refractivity contribution is 7.91. The van der Waals surface area contributed by atoms with Gasteiger partial charge in [0.1, 0.15) is 4.21 Å². The van der Waals surface area contributed by atoms with Crippen LogP contribution in [0.15, 0.2) is 15.7 Å². The van der Waals surface area contributed by atoms with Crippen LogP contribution in [0, 0.1) is 5.92 Å². The van der Waals surface area contributed by atoms with Gasteiger partial charge in [0.05, 0.1) is 0 Å². The largest absolute Gasteiger partial charge is 0.398 e. The minimum atomic E-state index is -3.30. The molecule has 0 aromatic carbocycles. The van der Waals surface area contributed by atoms with Crippen LogP contribution in [0.25, 0.3) is 0 Å². The number of nitrogens with zero attached hydrogens (tertiary/aromatic N) is 1. The van der Waals surface area contributed by atoms with Gasteiger partial charge in [0.25, 0.3) is 10.0 Å². The van der Waals surface area contributed by atoms with E-state index in [1.807, 2.05) is 0 Å². The number of thiophene rings is 1. The molecule has 1 aromatic rings. The van der Waals surface area contributed by atoms with Crippen LogP contribution in [-0.4, -0.2) is 25.8 Å². The second-order valence-electron chi connectivity index (χ2n) is 4.51. The number of anilines is 1. The van der Waals surface area contributed by atoms with Crippen molar-refractivity contribution in [3.8, 4) is 0 Å². The van der Waals surface area contributed by atoms with Crippen LogP contribution in [0.5, 0.6) is 0 Å². The van der Waals surface area contributed by atoms with Crippen molar-refractivity contribution in [1.82, 2.24) is 4.31 Å². The zero-order valence-corrected chi connectivity index (χ0v) is 11.6. The van der Waals surface area contributed by atoms with Crippen molar-refractivity contribution in [3.05, 3.63) is 11.4 Å². The van der Waals surface area contributed by atoms with Crippen molar-refractivity contribution in [2.45, 2.75) is 30.4 Å². The highest BCUT2D eigenvalue weighted by atomic mass is 32.2. The molecule has 0 spiro atoms. The van der Waals surface area contributed by atoms with Crippen LogP contribution in [0.1, 0.15) is 26.2 Å². The quantitative estimate of drug-likeness (QED) is 0.915. The van der Waals surface area contributed by atoms with Gasteiger partial charge in [0.15, 0.2) is 0 Å². The van der Waals surface area contributed by atoms with E-state index in [2.05, 4.69) is 6.92 Å². The monoisotopic (exact) mass is 274 g/mol. The number of rotatable bonds is 4. The molecule has 2 N–H and O–H groups in total. The van der Waals surface area contributed by atoms with Gasteiger partial charge in [-0.05, 0) is 24.8 Å². The summed E-state index contributed by atoms with van der Waals surface area (Å²) in [5.41, 5.74) is 6.10. The fourth-order valence-corrected chi connectivity index (χ4v) is 5.02. The molecule has 0 bridgehead atoms. The fraction of sp³-hybridized carbons (Fsp3) is 0.636. The first kappa shape index (κ1) is 12.9. The van der Waals surface area contributed by atoms with Crippen molar-refractivity contribution < 1.29 is 8.42 Å². The molecule has 4 nitrogen and oxygen atoms in total. The molecule has 1 atom stereocenters. The van der Waals surface area contributed by atoms with E-state index in [0.717, 1.165) is 19.3 Å². The van der Waals surface area contributed by atoms with Gasteiger partial charge in [-0.2, -0.15) is 4.31 Å². The number of hydrogen-bond donors (Lipinski definition) is 1. The summed E-state index contributed by atoms with van der Waals surface area (Å²) < 4.78 is 26.5. The van der Waals surface area contributed by atoms with Crippen molar-refractivity contribution >= 4 is 27.0 Å². The first-order valence-electron chi connectivity index (χ1n) is 5.88. The van der Waals surface area contributed by atoms with Crippen molar-refractivity contribution in [1.29, 1.82) is 0 Å². The SMILES string of the molecule is CCCC1CCN(S(=O)(=O)c2cc(N)cs2)C1. The highest BCUT2D eigenvalue weighted by Gasteiger charge is 2.32. The predicted octanol–water partition coefficient (Wildman–Crippen LogP) is 2.14. The number of hydrogen-bond acceptors (Lipinski definition) is 4. The van der Waals surface area contributed by atoms with Gasteiger partial charge in [0.2, 0.25) is 0 Å². The summed E-state index contributed by atoms with van der Waals surface area (Å²) in [4.78, 5) is 0. The smallest absolute Gasteiger partial charge is 0.252 e. The van der Waals surface area contributed by atoms with E-state index in [0.29, 0.717) is 28.9 Å². The molecule has 17 heavy (non-hydrogen) atoms. The van der Waals surface area contributed by atoms with E-state index in [4.69, 9.17) is 5.73 Å². The zero-order valence-electron chi connectivity index (χ0n) is 9.93. The standard InChI is InChI=1S/C11H18N2O2S2/c1-2-3-9-4-5-13(7-9)17(14,15)11-6-10(12)8-16-11/h6,8-9H,2-5,7,12H2,1H3. The number of nitrogen functional groups attached to an aromatic ring is 1. The molecule has 0 radical (unpaired) electrons. The van der Waals surface area contributed by atoms with Gasteiger partial charge >= 0.3 is 0 Å². The summed E-state index contributed by atoms with van der Waals surface area (Å²) in [5, 5.41) is 1.67. The van der Waals surface area contributed by atoms with E-state index in [9.17, 15) is 8.42 Å². The van der Waals surface area contributed by atoms with E-state index in [1.54, 1.807) is 15.8 Å². The average molecular weight is 274 g/mol. The lowest BCUT2D eigenvalue weighted by molar-refractivity contribution is 0.446. The third kappa shape index (κ3) is 2.64. The van der Waals surface area contributed by atoms with Crippen LogP contribution >= 0.6 is 11.3 Å². The first-order valence-corrected chi connectivity index (χ1v) is 8.20. The molecule has 6 heteroatoms. The van der Waals surface area contributed by atoms with Crippen LogP contribution < -0.4 is 5.73 Å². The lowest BCUT2D eigenvalue weighted by atomic mass is 10.0. The maximum absolute atomic E-state index is 12.3. The van der Waals surface area contributed by atoms with Gasteiger partial charge in [-0.3, -0.25) is 0 Å².